The molecule has 0 aliphatic heterocycles. The van der Waals surface area contributed by atoms with Crippen LogP contribution in [0.25, 0.3) is 0 Å². The van der Waals surface area contributed by atoms with Crippen LogP contribution >= 0.6 is 0 Å². The lowest BCUT2D eigenvalue weighted by molar-refractivity contribution is 0.0951. The van der Waals surface area contributed by atoms with Crippen molar-refractivity contribution in [1.82, 2.24) is 10.3 Å². The summed E-state index contributed by atoms with van der Waals surface area (Å²) in [5.74, 6) is 1.40. The molecule has 0 fully saturated rings. The summed E-state index contributed by atoms with van der Waals surface area (Å²) >= 11 is 0. The second-order valence-electron chi connectivity index (χ2n) is 5.41. The smallest absolute Gasteiger partial charge is 0.251 e. The van der Waals surface area contributed by atoms with Gasteiger partial charge in [0.2, 0.25) is 0 Å². The number of amides is 1. The molecule has 2 rings (SSSR count). The van der Waals surface area contributed by atoms with Crippen molar-refractivity contribution in [1.29, 1.82) is 0 Å². The normalized spacial score (nSPS) is 11.6. The Morgan fingerprint density at radius 2 is 2.00 bits per heavy atom. The van der Waals surface area contributed by atoms with E-state index in [1.807, 2.05) is 24.3 Å². The third-order valence-electron chi connectivity index (χ3n) is 3.64. The van der Waals surface area contributed by atoms with E-state index in [0.29, 0.717) is 18.2 Å². The van der Waals surface area contributed by atoms with Crippen LogP contribution in [0.5, 0.6) is 5.75 Å². The number of benzene rings is 1. The molecule has 0 spiro atoms. The van der Waals surface area contributed by atoms with E-state index in [0.717, 1.165) is 23.6 Å². The van der Waals surface area contributed by atoms with E-state index in [1.165, 1.54) is 0 Å². The average molecular weight is 313 g/mol. The summed E-state index contributed by atoms with van der Waals surface area (Å²) in [6.07, 6.45) is 2.64. The predicted octanol–water partition coefficient (Wildman–Crippen LogP) is 3.23. The van der Waals surface area contributed by atoms with E-state index < -0.39 is 0 Å². The molecule has 1 aromatic heterocycles. The van der Waals surface area contributed by atoms with Crippen molar-refractivity contribution in [3.8, 4) is 5.75 Å². The molecule has 1 unspecified atom stereocenters. The third kappa shape index (κ3) is 4.98. The Morgan fingerprint density at radius 1 is 1.26 bits per heavy atom. The molecule has 1 heterocycles. The zero-order valence-electron chi connectivity index (χ0n) is 13.8. The Balaban J connectivity index is 1.95. The lowest BCUT2D eigenvalue weighted by Gasteiger charge is -2.13. The Bertz CT molecular complexity index is 641. The van der Waals surface area contributed by atoms with Gasteiger partial charge in [-0.25, -0.2) is 4.98 Å². The van der Waals surface area contributed by atoms with Gasteiger partial charge in [-0.05, 0) is 43.2 Å². The summed E-state index contributed by atoms with van der Waals surface area (Å²) in [5.41, 5.74) is 1.62. The second-order valence-corrected chi connectivity index (χ2v) is 5.41. The summed E-state index contributed by atoms with van der Waals surface area (Å²) in [4.78, 5) is 16.5. The zero-order valence-corrected chi connectivity index (χ0v) is 13.8. The molecule has 0 aliphatic rings. The van der Waals surface area contributed by atoms with Crippen LogP contribution in [0.15, 0.2) is 42.6 Å². The molecule has 1 atom stereocenters. The molecule has 2 N–H and O–H groups in total. The fourth-order valence-electron chi connectivity index (χ4n) is 2.03. The van der Waals surface area contributed by atoms with Crippen molar-refractivity contribution in [3.05, 3.63) is 53.7 Å². The first-order valence-corrected chi connectivity index (χ1v) is 7.76. The van der Waals surface area contributed by atoms with Crippen LogP contribution in [0.1, 0.15) is 36.2 Å². The predicted molar refractivity (Wildman–Crippen MR) is 91.8 cm³/mol. The summed E-state index contributed by atoms with van der Waals surface area (Å²) in [7, 11) is 1.63. The van der Waals surface area contributed by atoms with Gasteiger partial charge in [-0.2, -0.15) is 0 Å². The Morgan fingerprint density at radius 3 is 2.65 bits per heavy atom. The zero-order chi connectivity index (χ0) is 16.7. The van der Waals surface area contributed by atoms with Gasteiger partial charge in [-0.3, -0.25) is 4.79 Å². The Labute approximate surface area is 137 Å². The van der Waals surface area contributed by atoms with Crippen molar-refractivity contribution < 1.29 is 9.53 Å². The number of methoxy groups -OCH3 is 1. The van der Waals surface area contributed by atoms with E-state index in [-0.39, 0.29) is 5.91 Å². The van der Waals surface area contributed by atoms with Crippen molar-refractivity contribution in [2.75, 3.05) is 12.4 Å². The molecule has 0 saturated carbocycles. The number of rotatable bonds is 7. The molecule has 5 heteroatoms. The van der Waals surface area contributed by atoms with E-state index in [1.54, 1.807) is 25.4 Å². The minimum absolute atomic E-state index is 0.115. The summed E-state index contributed by atoms with van der Waals surface area (Å²) < 4.78 is 5.12. The lowest BCUT2D eigenvalue weighted by Crippen LogP contribution is -2.23. The number of ether oxygens (including phenoxy) is 1. The maximum absolute atomic E-state index is 12.3. The van der Waals surface area contributed by atoms with E-state index >= 15 is 0 Å². The number of nitrogens with zero attached hydrogens (tertiary/aromatic N) is 1. The summed E-state index contributed by atoms with van der Waals surface area (Å²) in [6, 6.07) is 11.4. The van der Waals surface area contributed by atoms with E-state index in [4.69, 9.17) is 4.74 Å². The van der Waals surface area contributed by atoms with E-state index in [2.05, 4.69) is 29.5 Å². The highest BCUT2D eigenvalue weighted by Crippen LogP contribution is 2.12. The molecule has 1 amide bonds. The second kappa shape index (κ2) is 8.17. The lowest BCUT2D eigenvalue weighted by atomic mass is 10.2. The number of pyridine rings is 1. The minimum atomic E-state index is -0.115. The first-order valence-electron chi connectivity index (χ1n) is 7.76. The van der Waals surface area contributed by atoms with Crippen molar-refractivity contribution in [2.45, 2.75) is 32.9 Å². The standard InChI is InChI=1S/C18H23N3O2/c1-4-13(2)21-17-11-15(9-10-19-17)18(22)20-12-14-5-7-16(23-3)8-6-14/h5-11,13H,4,12H2,1-3H3,(H,19,21)(H,20,22). The molecule has 0 radical (unpaired) electrons. The maximum Gasteiger partial charge on any atom is 0.251 e. The topological polar surface area (TPSA) is 63.2 Å². The number of carbonyl (C=O) groups excluding carboxylic acids is 1. The van der Waals surface area contributed by atoms with Gasteiger partial charge in [-0.1, -0.05) is 19.1 Å². The highest BCUT2D eigenvalue weighted by Gasteiger charge is 2.08. The van der Waals surface area contributed by atoms with Gasteiger partial charge in [0, 0.05) is 24.3 Å². The molecular weight excluding hydrogens is 290 g/mol. The van der Waals surface area contributed by atoms with Gasteiger partial charge < -0.3 is 15.4 Å². The molecule has 0 bridgehead atoms. The van der Waals surface area contributed by atoms with Gasteiger partial charge >= 0.3 is 0 Å². The van der Waals surface area contributed by atoms with Crippen LogP contribution in [0.2, 0.25) is 0 Å². The highest BCUT2D eigenvalue weighted by molar-refractivity contribution is 5.94. The van der Waals surface area contributed by atoms with Crippen LogP contribution in [0.4, 0.5) is 5.82 Å². The number of hydrogen-bond acceptors (Lipinski definition) is 4. The molecule has 0 aliphatic carbocycles. The quantitative estimate of drug-likeness (QED) is 0.824. The molecular formula is C18H23N3O2. The first kappa shape index (κ1) is 16.8. The van der Waals surface area contributed by atoms with Crippen LogP contribution in [0.3, 0.4) is 0 Å². The van der Waals surface area contributed by atoms with Gasteiger partial charge in [0.05, 0.1) is 7.11 Å². The van der Waals surface area contributed by atoms with Crippen molar-refractivity contribution >= 4 is 11.7 Å². The Hall–Kier alpha value is -2.56. The molecule has 23 heavy (non-hydrogen) atoms. The molecule has 2 aromatic rings. The largest absolute Gasteiger partial charge is 0.497 e. The van der Waals surface area contributed by atoms with Crippen molar-refractivity contribution in [2.24, 2.45) is 0 Å². The van der Waals surface area contributed by atoms with Crippen LogP contribution < -0.4 is 15.4 Å². The number of anilines is 1. The van der Waals surface area contributed by atoms with Gasteiger partial charge in [0.25, 0.3) is 5.91 Å². The van der Waals surface area contributed by atoms with Crippen LogP contribution in [-0.4, -0.2) is 24.0 Å². The molecule has 1 aromatic carbocycles. The van der Waals surface area contributed by atoms with Crippen LogP contribution in [-0.2, 0) is 6.54 Å². The first-order chi connectivity index (χ1) is 11.1. The fraction of sp³-hybridized carbons (Fsp3) is 0.333. The van der Waals surface area contributed by atoms with Gasteiger partial charge in [0.1, 0.15) is 11.6 Å². The molecule has 5 nitrogen and oxygen atoms in total. The Kier molecular flexibility index (Phi) is 5.97. The fourth-order valence-corrected chi connectivity index (χ4v) is 2.03. The third-order valence-corrected chi connectivity index (χ3v) is 3.64. The van der Waals surface area contributed by atoms with Gasteiger partial charge in [0.15, 0.2) is 0 Å². The number of aromatic nitrogens is 1. The summed E-state index contributed by atoms with van der Waals surface area (Å²) in [6.45, 7) is 4.65. The van der Waals surface area contributed by atoms with Crippen LogP contribution in [0, 0.1) is 0 Å². The SMILES string of the molecule is CCC(C)Nc1cc(C(=O)NCc2ccc(OC)cc2)ccn1. The highest BCUT2D eigenvalue weighted by atomic mass is 16.5. The minimum Gasteiger partial charge on any atom is -0.497 e. The average Bonchev–Trinajstić information content (AvgIpc) is 2.60. The van der Waals surface area contributed by atoms with Gasteiger partial charge in [-0.15, -0.1) is 0 Å². The number of hydrogen-bond donors (Lipinski definition) is 2. The maximum atomic E-state index is 12.3. The van der Waals surface area contributed by atoms with Crippen molar-refractivity contribution in [3.63, 3.8) is 0 Å². The summed E-state index contributed by atoms with van der Waals surface area (Å²) in [5, 5.41) is 6.18. The molecule has 122 valence electrons. The molecule has 0 saturated heterocycles. The monoisotopic (exact) mass is 313 g/mol. The number of carbonyl (C=O) groups is 1. The number of nitrogens with one attached hydrogen (secondary N) is 2. The van der Waals surface area contributed by atoms with E-state index in [9.17, 15) is 4.79 Å².